The van der Waals surface area contributed by atoms with Gasteiger partial charge in [-0.25, -0.2) is 4.39 Å². The second-order valence-electron chi connectivity index (χ2n) is 5.51. The van der Waals surface area contributed by atoms with Crippen LogP contribution in [0.25, 0.3) is 0 Å². The highest BCUT2D eigenvalue weighted by molar-refractivity contribution is 6.31. The van der Waals surface area contributed by atoms with Gasteiger partial charge in [0.15, 0.2) is 0 Å². The van der Waals surface area contributed by atoms with Crippen LogP contribution in [0.4, 0.5) is 4.39 Å². The Morgan fingerprint density at radius 2 is 2.25 bits per heavy atom. The molecule has 1 aromatic carbocycles. The van der Waals surface area contributed by atoms with E-state index < -0.39 is 0 Å². The van der Waals surface area contributed by atoms with E-state index in [2.05, 4.69) is 0 Å². The second-order valence-corrected chi connectivity index (χ2v) is 5.92. The van der Waals surface area contributed by atoms with Gasteiger partial charge in [0, 0.05) is 36.6 Å². The third-order valence-electron chi connectivity index (χ3n) is 4.04. The maximum atomic E-state index is 13.7. The summed E-state index contributed by atoms with van der Waals surface area (Å²) in [6, 6.07) is 4.65. The predicted molar refractivity (Wildman–Crippen MR) is 77.8 cm³/mol. The van der Waals surface area contributed by atoms with E-state index in [0.717, 1.165) is 19.3 Å². The Morgan fingerprint density at radius 1 is 1.50 bits per heavy atom. The molecule has 1 aliphatic rings. The van der Waals surface area contributed by atoms with E-state index >= 15 is 0 Å². The van der Waals surface area contributed by atoms with Crippen molar-refractivity contribution in [2.24, 2.45) is 11.7 Å². The molecule has 0 heterocycles. The molecule has 0 aromatic heterocycles. The highest BCUT2D eigenvalue weighted by atomic mass is 35.5. The zero-order chi connectivity index (χ0) is 14.7. The first-order chi connectivity index (χ1) is 9.49. The maximum Gasteiger partial charge on any atom is 0.222 e. The van der Waals surface area contributed by atoms with E-state index in [0.29, 0.717) is 17.0 Å². The van der Waals surface area contributed by atoms with Crippen molar-refractivity contribution in [3.05, 3.63) is 34.6 Å². The highest BCUT2D eigenvalue weighted by Gasteiger charge is 2.27. The Morgan fingerprint density at radius 3 is 2.85 bits per heavy atom. The van der Waals surface area contributed by atoms with Crippen molar-refractivity contribution < 1.29 is 9.18 Å². The van der Waals surface area contributed by atoms with Gasteiger partial charge in [-0.1, -0.05) is 24.1 Å². The molecule has 20 heavy (non-hydrogen) atoms. The molecule has 0 aliphatic heterocycles. The van der Waals surface area contributed by atoms with Crippen LogP contribution in [0.15, 0.2) is 18.2 Å². The first-order valence-corrected chi connectivity index (χ1v) is 7.29. The fraction of sp³-hybridized carbons (Fsp3) is 0.533. The Labute approximate surface area is 123 Å². The third kappa shape index (κ3) is 3.49. The van der Waals surface area contributed by atoms with Crippen LogP contribution in [-0.2, 0) is 11.3 Å². The van der Waals surface area contributed by atoms with E-state index in [1.54, 1.807) is 19.2 Å². The molecular weight excluding hydrogens is 279 g/mol. The molecule has 0 bridgehead atoms. The van der Waals surface area contributed by atoms with Gasteiger partial charge in [-0.15, -0.1) is 0 Å². The molecule has 1 amide bonds. The summed E-state index contributed by atoms with van der Waals surface area (Å²) in [6.45, 7) is 0.187. The average molecular weight is 299 g/mol. The minimum atomic E-state index is -0.380. The normalized spacial score (nSPS) is 22.0. The SMILES string of the molecule is CN(Cc1c(F)cccc1Cl)C(=O)C[C@@H]1CCC[C@H]1N. The van der Waals surface area contributed by atoms with Gasteiger partial charge in [0.1, 0.15) is 5.82 Å². The van der Waals surface area contributed by atoms with Gasteiger partial charge in [-0.05, 0) is 30.9 Å². The summed E-state index contributed by atoms with van der Waals surface area (Å²) in [5, 5.41) is 0.349. The summed E-state index contributed by atoms with van der Waals surface area (Å²) in [5.74, 6) is -0.137. The van der Waals surface area contributed by atoms with Crippen LogP contribution in [0.2, 0.25) is 5.02 Å². The van der Waals surface area contributed by atoms with Crippen molar-refractivity contribution in [2.75, 3.05) is 7.05 Å². The minimum Gasteiger partial charge on any atom is -0.341 e. The number of hydrogen-bond donors (Lipinski definition) is 1. The van der Waals surface area contributed by atoms with Crippen LogP contribution in [0.3, 0.4) is 0 Å². The van der Waals surface area contributed by atoms with Crippen molar-refractivity contribution in [1.29, 1.82) is 0 Å². The average Bonchev–Trinajstić information content (AvgIpc) is 2.79. The van der Waals surface area contributed by atoms with Crippen molar-refractivity contribution in [1.82, 2.24) is 4.90 Å². The number of rotatable bonds is 4. The molecule has 1 saturated carbocycles. The molecule has 2 N–H and O–H groups in total. The standard InChI is InChI=1S/C15H20ClFN2O/c1-19(9-11-12(16)5-3-6-13(11)17)15(20)8-10-4-2-7-14(10)18/h3,5-6,10,14H,2,4,7-9,18H2,1H3/t10-,14+/m0/s1. The summed E-state index contributed by atoms with van der Waals surface area (Å²) in [5.41, 5.74) is 6.34. The number of benzene rings is 1. The molecule has 2 rings (SSSR count). The number of halogens is 2. The zero-order valence-electron chi connectivity index (χ0n) is 11.6. The molecule has 0 spiro atoms. The van der Waals surface area contributed by atoms with Gasteiger partial charge in [0.05, 0.1) is 0 Å². The van der Waals surface area contributed by atoms with E-state index in [1.807, 2.05) is 0 Å². The molecule has 0 unspecified atom stereocenters. The minimum absolute atomic E-state index is 0.00771. The lowest BCUT2D eigenvalue weighted by atomic mass is 9.99. The number of hydrogen-bond acceptors (Lipinski definition) is 2. The lowest BCUT2D eigenvalue weighted by Gasteiger charge is -2.22. The Hall–Kier alpha value is -1.13. The van der Waals surface area contributed by atoms with Crippen LogP contribution >= 0.6 is 11.6 Å². The summed E-state index contributed by atoms with van der Waals surface area (Å²) in [4.78, 5) is 13.7. The molecule has 0 saturated heterocycles. The van der Waals surface area contributed by atoms with Crippen molar-refractivity contribution in [3.8, 4) is 0 Å². The van der Waals surface area contributed by atoms with Gasteiger partial charge in [0.25, 0.3) is 0 Å². The fourth-order valence-corrected chi connectivity index (χ4v) is 2.93. The predicted octanol–water partition coefficient (Wildman–Crippen LogP) is 2.96. The van der Waals surface area contributed by atoms with Gasteiger partial charge >= 0.3 is 0 Å². The largest absolute Gasteiger partial charge is 0.341 e. The van der Waals surface area contributed by atoms with Crippen LogP contribution in [0.1, 0.15) is 31.2 Å². The molecule has 3 nitrogen and oxygen atoms in total. The Kier molecular flexibility index (Phi) is 5.00. The molecule has 1 aromatic rings. The van der Waals surface area contributed by atoms with Gasteiger partial charge in [0.2, 0.25) is 5.91 Å². The summed E-state index contributed by atoms with van der Waals surface area (Å²) < 4.78 is 13.7. The van der Waals surface area contributed by atoms with Crippen LogP contribution in [0, 0.1) is 11.7 Å². The molecule has 2 atom stereocenters. The number of nitrogens with zero attached hydrogens (tertiary/aromatic N) is 1. The Bertz CT molecular complexity index is 475. The van der Waals surface area contributed by atoms with E-state index in [4.69, 9.17) is 17.3 Å². The summed E-state index contributed by atoms with van der Waals surface area (Å²) in [7, 11) is 1.67. The van der Waals surface area contributed by atoms with Crippen LogP contribution in [-0.4, -0.2) is 23.9 Å². The molecular formula is C15H20ClFN2O. The lowest BCUT2D eigenvalue weighted by Crippen LogP contribution is -2.32. The van der Waals surface area contributed by atoms with Crippen molar-refractivity contribution >= 4 is 17.5 Å². The fourth-order valence-electron chi connectivity index (χ4n) is 2.71. The second kappa shape index (κ2) is 6.55. The van der Waals surface area contributed by atoms with Crippen LogP contribution < -0.4 is 5.73 Å². The number of carbonyl (C=O) groups is 1. The molecule has 110 valence electrons. The summed E-state index contributed by atoms with van der Waals surface area (Å²) in [6.07, 6.45) is 3.51. The molecule has 0 radical (unpaired) electrons. The smallest absolute Gasteiger partial charge is 0.222 e. The molecule has 1 fully saturated rings. The Balaban J connectivity index is 1.97. The van der Waals surface area contributed by atoms with Crippen molar-refractivity contribution in [2.45, 2.75) is 38.3 Å². The van der Waals surface area contributed by atoms with Gasteiger partial charge < -0.3 is 10.6 Å². The quantitative estimate of drug-likeness (QED) is 0.929. The molecule has 1 aliphatic carbocycles. The lowest BCUT2D eigenvalue weighted by molar-refractivity contribution is -0.131. The van der Waals surface area contributed by atoms with Crippen LogP contribution in [0.5, 0.6) is 0 Å². The maximum absolute atomic E-state index is 13.7. The first-order valence-electron chi connectivity index (χ1n) is 6.91. The summed E-state index contributed by atoms with van der Waals surface area (Å²) >= 11 is 5.97. The van der Waals surface area contributed by atoms with Gasteiger partial charge in [-0.3, -0.25) is 4.79 Å². The topological polar surface area (TPSA) is 46.3 Å². The van der Waals surface area contributed by atoms with E-state index in [1.165, 1.54) is 11.0 Å². The van der Waals surface area contributed by atoms with Crippen molar-refractivity contribution in [3.63, 3.8) is 0 Å². The van der Waals surface area contributed by atoms with Gasteiger partial charge in [-0.2, -0.15) is 0 Å². The third-order valence-corrected chi connectivity index (χ3v) is 4.39. The number of nitrogens with two attached hydrogens (primary N) is 1. The first kappa shape index (κ1) is 15.3. The monoisotopic (exact) mass is 298 g/mol. The number of carbonyl (C=O) groups excluding carboxylic acids is 1. The highest BCUT2D eigenvalue weighted by Crippen LogP contribution is 2.28. The number of amides is 1. The van der Waals surface area contributed by atoms with E-state index in [9.17, 15) is 9.18 Å². The van der Waals surface area contributed by atoms with E-state index in [-0.39, 0.29) is 30.2 Å². The molecule has 5 heteroatoms. The zero-order valence-corrected chi connectivity index (χ0v) is 12.4.